The van der Waals surface area contributed by atoms with Crippen LogP contribution in [0.25, 0.3) is 11.0 Å². The summed E-state index contributed by atoms with van der Waals surface area (Å²) in [5.41, 5.74) is 5.05. The lowest BCUT2D eigenvalue weighted by molar-refractivity contribution is -0.119. The van der Waals surface area contributed by atoms with E-state index in [-0.39, 0.29) is 12.0 Å². The molecule has 1 amide bonds. The number of nitrogens with zero attached hydrogens (tertiary/aromatic N) is 2. The number of aryl methyl sites for hydroxylation is 1. The number of benzene rings is 2. The third-order valence-electron chi connectivity index (χ3n) is 4.99. The second-order valence-corrected chi connectivity index (χ2v) is 8.32. The minimum atomic E-state index is 0.00162. The summed E-state index contributed by atoms with van der Waals surface area (Å²) in [6.07, 6.45) is 2.94. The Morgan fingerprint density at radius 1 is 1.14 bits per heavy atom. The summed E-state index contributed by atoms with van der Waals surface area (Å²) in [6, 6.07) is 16.3. The summed E-state index contributed by atoms with van der Waals surface area (Å²) >= 11 is 1.45. The van der Waals surface area contributed by atoms with E-state index < -0.39 is 0 Å². The maximum absolute atomic E-state index is 12.3. The molecule has 2 heterocycles. The van der Waals surface area contributed by atoms with E-state index in [4.69, 9.17) is 14.7 Å². The van der Waals surface area contributed by atoms with Crippen LogP contribution in [0.1, 0.15) is 29.7 Å². The average molecular weight is 408 g/mol. The number of thioether (sulfide) groups is 1. The van der Waals surface area contributed by atoms with E-state index in [1.54, 1.807) is 0 Å². The molecule has 0 saturated carbocycles. The number of hydrogen-bond donors (Lipinski definition) is 1. The van der Waals surface area contributed by atoms with Crippen LogP contribution < -0.4 is 5.32 Å². The van der Waals surface area contributed by atoms with Crippen molar-refractivity contribution in [3.05, 3.63) is 65.4 Å². The van der Waals surface area contributed by atoms with Gasteiger partial charge in [-0.25, -0.2) is 9.97 Å². The van der Waals surface area contributed by atoms with Crippen molar-refractivity contribution >= 4 is 28.7 Å². The van der Waals surface area contributed by atoms with Crippen LogP contribution in [0.2, 0.25) is 0 Å². The molecule has 1 fully saturated rings. The molecule has 0 bridgehead atoms. The van der Waals surface area contributed by atoms with Crippen molar-refractivity contribution in [2.45, 2.75) is 37.3 Å². The van der Waals surface area contributed by atoms with E-state index in [0.29, 0.717) is 18.7 Å². The monoisotopic (exact) mass is 407 g/mol. The zero-order valence-electron chi connectivity index (χ0n) is 16.6. The molecule has 1 aromatic heterocycles. The van der Waals surface area contributed by atoms with E-state index in [1.165, 1.54) is 22.9 Å². The molecular formula is C23H25N3O2S. The third-order valence-corrected chi connectivity index (χ3v) is 6.00. The Bertz CT molecular complexity index is 985. The van der Waals surface area contributed by atoms with Crippen LogP contribution in [0.3, 0.4) is 0 Å². The van der Waals surface area contributed by atoms with E-state index in [0.717, 1.165) is 41.2 Å². The Kier molecular flexibility index (Phi) is 6.42. The Hall–Kier alpha value is -2.44. The number of hydrogen-bond acceptors (Lipinski definition) is 5. The fourth-order valence-corrected chi connectivity index (χ4v) is 4.19. The van der Waals surface area contributed by atoms with Crippen molar-refractivity contribution in [2.24, 2.45) is 0 Å². The molecule has 1 aliphatic heterocycles. The van der Waals surface area contributed by atoms with E-state index in [9.17, 15) is 4.79 Å². The van der Waals surface area contributed by atoms with Gasteiger partial charge in [0.15, 0.2) is 0 Å². The molecule has 6 heteroatoms. The lowest BCUT2D eigenvalue weighted by atomic mass is 10.1. The van der Waals surface area contributed by atoms with Gasteiger partial charge in [0.25, 0.3) is 0 Å². The molecule has 3 aromatic rings. The molecule has 1 atom stereocenters. The Balaban J connectivity index is 1.48. The van der Waals surface area contributed by atoms with Crippen LogP contribution in [-0.4, -0.2) is 40.9 Å². The molecule has 29 heavy (non-hydrogen) atoms. The first-order valence-electron chi connectivity index (χ1n) is 10.00. The zero-order valence-corrected chi connectivity index (χ0v) is 17.4. The quantitative estimate of drug-likeness (QED) is 0.602. The summed E-state index contributed by atoms with van der Waals surface area (Å²) in [5.74, 6) is 0.322. The number of carbonyl (C=O) groups excluding carboxylic acids is 1. The van der Waals surface area contributed by atoms with E-state index in [2.05, 4.69) is 36.5 Å². The zero-order chi connectivity index (χ0) is 20.1. The Morgan fingerprint density at radius 3 is 2.62 bits per heavy atom. The Labute approximate surface area is 175 Å². The first kappa shape index (κ1) is 19.9. The standard InChI is InChI=1S/C23H25N3O2S/c1-16-8-10-17(11-9-16)13-21-23(26-20-7-3-2-6-19(20)25-21)29-15-22(27)24-14-18-5-4-12-28-18/h2-3,6-11,18H,4-5,12-15H2,1H3,(H,24,27). The van der Waals surface area contributed by atoms with Crippen LogP contribution in [0.5, 0.6) is 0 Å². The van der Waals surface area contributed by atoms with Crippen LogP contribution in [0.15, 0.2) is 53.6 Å². The van der Waals surface area contributed by atoms with Gasteiger partial charge in [-0.2, -0.15) is 0 Å². The summed E-state index contributed by atoms with van der Waals surface area (Å²) < 4.78 is 5.56. The van der Waals surface area contributed by atoms with Gasteiger partial charge < -0.3 is 10.1 Å². The maximum Gasteiger partial charge on any atom is 0.230 e. The lowest BCUT2D eigenvalue weighted by Gasteiger charge is -2.12. The van der Waals surface area contributed by atoms with Crippen LogP contribution in [0.4, 0.5) is 0 Å². The predicted octanol–water partition coefficient (Wildman–Crippen LogP) is 3.92. The van der Waals surface area contributed by atoms with Gasteiger partial charge in [0.05, 0.1) is 28.6 Å². The highest BCUT2D eigenvalue weighted by molar-refractivity contribution is 7.99. The van der Waals surface area contributed by atoms with Gasteiger partial charge in [-0.1, -0.05) is 53.7 Å². The van der Waals surface area contributed by atoms with E-state index >= 15 is 0 Å². The normalized spacial score (nSPS) is 16.2. The van der Waals surface area contributed by atoms with Crippen molar-refractivity contribution in [1.29, 1.82) is 0 Å². The third kappa shape index (κ3) is 5.34. The van der Waals surface area contributed by atoms with Crippen LogP contribution >= 0.6 is 11.8 Å². The molecule has 4 rings (SSSR count). The fraction of sp³-hybridized carbons (Fsp3) is 0.348. The summed E-state index contributed by atoms with van der Waals surface area (Å²) in [4.78, 5) is 21.9. The molecule has 1 N–H and O–H groups in total. The minimum Gasteiger partial charge on any atom is -0.376 e. The molecule has 1 saturated heterocycles. The van der Waals surface area contributed by atoms with Gasteiger partial charge in [-0.05, 0) is 37.5 Å². The Morgan fingerprint density at radius 2 is 1.90 bits per heavy atom. The molecule has 5 nitrogen and oxygen atoms in total. The van der Waals surface area contributed by atoms with Crippen LogP contribution in [0, 0.1) is 6.92 Å². The van der Waals surface area contributed by atoms with Gasteiger partial charge in [0.2, 0.25) is 5.91 Å². The first-order valence-corrected chi connectivity index (χ1v) is 11.0. The number of amides is 1. The smallest absolute Gasteiger partial charge is 0.230 e. The van der Waals surface area contributed by atoms with Crippen molar-refractivity contribution in [3.63, 3.8) is 0 Å². The summed E-state index contributed by atoms with van der Waals surface area (Å²) in [6.45, 7) is 3.46. The van der Waals surface area contributed by atoms with Gasteiger partial charge in [-0.15, -0.1) is 0 Å². The second-order valence-electron chi connectivity index (χ2n) is 7.35. The van der Waals surface area contributed by atoms with Crippen molar-refractivity contribution in [2.75, 3.05) is 18.9 Å². The fourth-order valence-electron chi connectivity index (χ4n) is 3.37. The minimum absolute atomic E-state index is 0.00162. The predicted molar refractivity (Wildman–Crippen MR) is 116 cm³/mol. The van der Waals surface area contributed by atoms with Gasteiger partial charge in [0, 0.05) is 19.6 Å². The number of para-hydroxylation sites is 2. The molecule has 0 spiro atoms. The molecule has 2 aromatic carbocycles. The molecule has 1 unspecified atom stereocenters. The van der Waals surface area contributed by atoms with E-state index in [1.807, 2.05) is 24.3 Å². The SMILES string of the molecule is Cc1ccc(Cc2nc3ccccc3nc2SCC(=O)NCC2CCCO2)cc1. The highest BCUT2D eigenvalue weighted by atomic mass is 32.2. The summed E-state index contributed by atoms with van der Waals surface area (Å²) in [5, 5.41) is 3.79. The number of nitrogens with one attached hydrogen (secondary N) is 1. The highest BCUT2D eigenvalue weighted by Gasteiger charge is 2.17. The molecule has 0 radical (unpaired) electrons. The highest BCUT2D eigenvalue weighted by Crippen LogP contribution is 2.24. The van der Waals surface area contributed by atoms with Crippen molar-refractivity contribution in [1.82, 2.24) is 15.3 Å². The van der Waals surface area contributed by atoms with Crippen molar-refractivity contribution in [3.8, 4) is 0 Å². The number of carbonyl (C=O) groups is 1. The number of rotatable bonds is 7. The first-order chi connectivity index (χ1) is 14.2. The lowest BCUT2D eigenvalue weighted by Crippen LogP contribution is -2.32. The maximum atomic E-state index is 12.3. The van der Waals surface area contributed by atoms with Crippen molar-refractivity contribution < 1.29 is 9.53 Å². The second kappa shape index (κ2) is 9.37. The average Bonchev–Trinajstić information content (AvgIpc) is 3.26. The largest absolute Gasteiger partial charge is 0.376 e. The topological polar surface area (TPSA) is 64.1 Å². The van der Waals surface area contributed by atoms with Crippen LogP contribution in [-0.2, 0) is 16.0 Å². The number of aromatic nitrogens is 2. The van der Waals surface area contributed by atoms with Gasteiger partial charge in [-0.3, -0.25) is 4.79 Å². The summed E-state index contributed by atoms with van der Waals surface area (Å²) in [7, 11) is 0. The molecule has 150 valence electrons. The van der Waals surface area contributed by atoms with Gasteiger partial charge in [0.1, 0.15) is 5.03 Å². The van der Waals surface area contributed by atoms with Gasteiger partial charge >= 0.3 is 0 Å². The molecular weight excluding hydrogens is 382 g/mol. The molecule has 0 aliphatic carbocycles. The molecule has 1 aliphatic rings. The number of fused-ring (bicyclic) bond motifs is 1. The number of ether oxygens (including phenoxy) is 1.